The summed E-state index contributed by atoms with van der Waals surface area (Å²) in [6, 6.07) is 2.38. The van der Waals surface area contributed by atoms with E-state index in [-0.39, 0.29) is 17.7 Å². The molecule has 1 unspecified atom stereocenters. The fraction of sp³-hybridized carbons (Fsp3) is 0.706. The SMILES string of the molecule is O=C(C1CC(=O)N(C2CC2)C1)N1CCC(Cn2cccn2)CC1. The molecular formula is C17H24N4O2. The van der Waals surface area contributed by atoms with E-state index < -0.39 is 0 Å². The van der Waals surface area contributed by atoms with Crippen molar-refractivity contribution in [2.45, 2.75) is 44.7 Å². The highest BCUT2D eigenvalue weighted by Crippen LogP contribution is 2.33. The second-order valence-electron chi connectivity index (χ2n) is 7.18. The Labute approximate surface area is 136 Å². The van der Waals surface area contributed by atoms with Crippen LogP contribution in [0.4, 0.5) is 0 Å². The first-order valence-corrected chi connectivity index (χ1v) is 8.76. The van der Waals surface area contributed by atoms with E-state index in [0.29, 0.717) is 24.9 Å². The molecule has 124 valence electrons. The second-order valence-corrected chi connectivity index (χ2v) is 7.18. The van der Waals surface area contributed by atoms with Crippen LogP contribution in [-0.2, 0) is 16.1 Å². The molecule has 2 aliphatic heterocycles. The van der Waals surface area contributed by atoms with E-state index >= 15 is 0 Å². The Morgan fingerprint density at radius 1 is 1.22 bits per heavy atom. The van der Waals surface area contributed by atoms with E-state index in [1.807, 2.05) is 26.7 Å². The van der Waals surface area contributed by atoms with Gasteiger partial charge in [0.1, 0.15) is 0 Å². The van der Waals surface area contributed by atoms with Gasteiger partial charge in [0.15, 0.2) is 0 Å². The van der Waals surface area contributed by atoms with Crippen LogP contribution in [0.15, 0.2) is 18.5 Å². The standard InChI is InChI=1S/C17H24N4O2/c22-16-10-14(12-21(16)15-2-3-15)17(23)19-8-4-13(5-9-19)11-20-7-1-6-18-20/h1,6-7,13-15H,2-5,8-12H2. The molecule has 0 aromatic carbocycles. The summed E-state index contributed by atoms with van der Waals surface area (Å²) in [7, 11) is 0. The number of nitrogens with zero attached hydrogens (tertiary/aromatic N) is 4. The van der Waals surface area contributed by atoms with Crippen molar-refractivity contribution in [3.63, 3.8) is 0 Å². The monoisotopic (exact) mass is 316 g/mol. The van der Waals surface area contributed by atoms with Crippen LogP contribution >= 0.6 is 0 Å². The molecule has 6 heteroatoms. The van der Waals surface area contributed by atoms with Crippen LogP contribution in [0.25, 0.3) is 0 Å². The highest BCUT2D eigenvalue weighted by atomic mass is 16.2. The Morgan fingerprint density at radius 2 is 2.00 bits per heavy atom. The molecule has 6 nitrogen and oxygen atoms in total. The van der Waals surface area contributed by atoms with Crippen molar-refractivity contribution in [1.82, 2.24) is 19.6 Å². The number of aromatic nitrogens is 2. The molecule has 2 saturated heterocycles. The topological polar surface area (TPSA) is 58.4 Å². The Balaban J connectivity index is 1.28. The first kappa shape index (κ1) is 14.7. The number of hydrogen-bond acceptors (Lipinski definition) is 3. The van der Waals surface area contributed by atoms with E-state index in [1.54, 1.807) is 6.20 Å². The Bertz CT molecular complexity index is 573. The summed E-state index contributed by atoms with van der Waals surface area (Å²) >= 11 is 0. The van der Waals surface area contributed by atoms with Crippen LogP contribution in [0.5, 0.6) is 0 Å². The van der Waals surface area contributed by atoms with Crippen LogP contribution in [-0.4, -0.2) is 57.1 Å². The zero-order valence-electron chi connectivity index (χ0n) is 13.4. The molecule has 3 heterocycles. The Kier molecular flexibility index (Phi) is 3.83. The van der Waals surface area contributed by atoms with Gasteiger partial charge in [0, 0.05) is 51.0 Å². The van der Waals surface area contributed by atoms with Gasteiger partial charge in [-0.3, -0.25) is 14.3 Å². The predicted octanol–water partition coefficient (Wildman–Crippen LogP) is 1.13. The summed E-state index contributed by atoms with van der Waals surface area (Å²) in [6.07, 6.45) is 8.51. The van der Waals surface area contributed by atoms with Crippen molar-refractivity contribution in [2.75, 3.05) is 19.6 Å². The van der Waals surface area contributed by atoms with Crippen LogP contribution in [0.2, 0.25) is 0 Å². The molecule has 0 bridgehead atoms. The zero-order chi connectivity index (χ0) is 15.8. The number of rotatable bonds is 4. The normalized spacial score (nSPS) is 26.1. The van der Waals surface area contributed by atoms with E-state index in [0.717, 1.165) is 45.3 Å². The smallest absolute Gasteiger partial charge is 0.227 e. The first-order chi connectivity index (χ1) is 11.2. The molecule has 1 aliphatic carbocycles. The Hall–Kier alpha value is -1.85. The summed E-state index contributed by atoms with van der Waals surface area (Å²) < 4.78 is 1.98. The van der Waals surface area contributed by atoms with Crippen molar-refractivity contribution >= 4 is 11.8 Å². The molecule has 1 aromatic heterocycles. The van der Waals surface area contributed by atoms with Crippen LogP contribution < -0.4 is 0 Å². The summed E-state index contributed by atoms with van der Waals surface area (Å²) in [5.74, 6) is 0.858. The van der Waals surface area contributed by atoms with E-state index in [4.69, 9.17) is 0 Å². The minimum Gasteiger partial charge on any atom is -0.342 e. The maximum absolute atomic E-state index is 12.7. The minimum atomic E-state index is -0.106. The number of likely N-dealkylation sites (tertiary alicyclic amines) is 2. The average molecular weight is 316 g/mol. The van der Waals surface area contributed by atoms with Crippen molar-refractivity contribution in [3.8, 4) is 0 Å². The molecule has 0 spiro atoms. The van der Waals surface area contributed by atoms with Gasteiger partial charge in [0.25, 0.3) is 0 Å². The number of hydrogen-bond donors (Lipinski definition) is 0. The Morgan fingerprint density at radius 3 is 2.65 bits per heavy atom. The molecule has 3 fully saturated rings. The molecule has 0 N–H and O–H groups in total. The lowest BCUT2D eigenvalue weighted by molar-refractivity contribution is -0.137. The van der Waals surface area contributed by atoms with Crippen LogP contribution in [0, 0.1) is 11.8 Å². The summed E-state index contributed by atoms with van der Waals surface area (Å²) in [6.45, 7) is 3.22. The third-order valence-corrected chi connectivity index (χ3v) is 5.43. The lowest BCUT2D eigenvalue weighted by Crippen LogP contribution is -2.43. The molecule has 1 aromatic rings. The molecule has 23 heavy (non-hydrogen) atoms. The number of amides is 2. The summed E-state index contributed by atoms with van der Waals surface area (Å²) in [5, 5.41) is 4.26. The van der Waals surface area contributed by atoms with Gasteiger partial charge in [-0.2, -0.15) is 5.10 Å². The zero-order valence-corrected chi connectivity index (χ0v) is 13.4. The third-order valence-electron chi connectivity index (χ3n) is 5.43. The summed E-state index contributed by atoms with van der Waals surface area (Å²) in [4.78, 5) is 28.6. The quantitative estimate of drug-likeness (QED) is 0.837. The van der Waals surface area contributed by atoms with Crippen molar-refractivity contribution in [3.05, 3.63) is 18.5 Å². The van der Waals surface area contributed by atoms with Crippen molar-refractivity contribution in [2.24, 2.45) is 11.8 Å². The van der Waals surface area contributed by atoms with E-state index in [1.165, 1.54) is 0 Å². The fourth-order valence-corrected chi connectivity index (χ4v) is 3.90. The van der Waals surface area contributed by atoms with Gasteiger partial charge in [0.2, 0.25) is 11.8 Å². The molecule has 2 amide bonds. The van der Waals surface area contributed by atoms with Crippen LogP contribution in [0.3, 0.4) is 0 Å². The number of carbonyl (C=O) groups is 2. The first-order valence-electron chi connectivity index (χ1n) is 8.76. The van der Waals surface area contributed by atoms with E-state index in [9.17, 15) is 9.59 Å². The molecule has 0 radical (unpaired) electrons. The van der Waals surface area contributed by atoms with Gasteiger partial charge in [-0.25, -0.2) is 0 Å². The number of carbonyl (C=O) groups excluding carboxylic acids is 2. The van der Waals surface area contributed by atoms with Gasteiger partial charge >= 0.3 is 0 Å². The fourth-order valence-electron chi connectivity index (χ4n) is 3.90. The van der Waals surface area contributed by atoms with Gasteiger partial charge in [-0.1, -0.05) is 0 Å². The van der Waals surface area contributed by atoms with E-state index in [2.05, 4.69) is 5.10 Å². The van der Waals surface area contributed by atoms with Crippen LogP contribution in [0.1, 0.15) is 32.1 Å². The molecular weight excluding hydrogens is 292 g/mol. The summed E-state index contributed by atoms with van der Waals surface area (Å²) in [5.41, 5.74) is 0. The molecule has 1 atom stereocenters. The maximum Gasteiger partial charge on any atom is 0.227 e. The highest BCUT2D eigenvalue weighted by Gasteiger charge is 2.43. The molecule has 1 saturated carbocycles. The van der Waals surface area contributed by atoms with Gasteiger partial charge in [0.05, 0.1) is 5.92 Å². The van der Waals surface area contributed by atoms with Crippen molar-refractivity contribution < 1.29 is 9.59 Å². The second kappa shape index (κ2) is 5.98. The lowest BCUT2D eigenvalue weighted by Gasteiger charge is -2.33. The predicted molar refractivity (Wildman–Crippen MR) is 84.4 cm³/mol. The van der Waals surface area contributed by atoms with Gasteiger partial charge in [-0.15, -0.1) is 0 Å². The highest BCUT2D eigenvalue weighted by molar-refractivity contribution is 5.89. The van der Waals surface area contributed by atoms with Crippen molar-refractivity contribution in [1.29, 1.82) is 0 Å². The largest absolute Gasteiger partial charge is 0.342 e. The van der Waals surface area contributed by atoms with Gasteiger partial charge < -0.3 is 9.80 Å². The molecule has 3 aliphatic rings. The number of piperidine rings is 1. The minimum absolute atomic E-state index is 0.106. The third kappa shape index (κ3) is 3.12. The maximum atomic E-state index is 12.7. The lowest BCUT2D eigenvalue weighted by atomic mass is 9.95. The van der Waals surface area contributed by atoms with Gasteiger partial charge in [-0.05, 0) is 37.7 Å². The average Bonchev–Trinajstić information content (AvgIpc) is 3.13. The molecule has 4 rings (SSSR count).